The van der Waals surface area contributed by atoms with E-state index in [4.69, 9.17) is 4.74 Å². The van der Waals surface area contributed by atoms with Crippen molar-refractivity contribution in [2.24, 2.45) is 5.41 Å². The first-order chi connectivity index (χ1) is 12.1. The fraction of sp³-hybridized carbons (Fsp3) is 0.833. The number of piperidine rings is 1. The standard InChI is InChI=1S/C18H31N5O2.ClH/c1-5-18(6-2)14(11-15(18)25-4)20-17(24)16-12(3)23(22-21-16)13-7-9-19-10-8-13;/h13-15,19H,5-11H2,1-4H3,(H,20,24);1H. The molecule has 148 valence electrons. The SMILES string of the molecule is CCC1(CC)C(NC(=O)c2nnn(C3CCNCC3)c2C)CC1OC.Cl. The summed E-state index contributed by atoms with van der Waals surface area (Å²) in [6, 6.07) is 0.477. The van der Waals surface area contributed by atoms with E-state index in [2.05, 4.69) is 34.8 Å². The van der Waals surface area contributed by atoms with Crippen molar-refractivity contribution in [1.29, 1.82) is 0 Å². The molecular formula is C18H32ClN5O2. The first-order valence-electron chi connectivity index (χ1n) is 9.53. The van der Waals surface area contributed by atoms with Crippen LogP contribution in [0.5, 0.6) is 0 Å². The molecule has 1 aromatic rings. The highest BCUT2D eigenvalue weighted by Gasteiger charge is 2.53. The van der Waals surface area contributed by atoms with E-state index in [9.17, 15) is 4.79 Å². The molecule has 2 aliphatic rings. The molecule has 8 heteroatoms. The Morgan fingerprint density at radius 2 is 2.00 bits per heavy atom. The van der Waals surface area contributed by atoms with Gasteiger partial charge in [0.1, 0.15) is 0 Å². The Morgan fingerprint density at radius 1 is 1.35 bits per heavy atom. The number of methoxy groups -OCH3 is 1. The van der Waals surface area contributed by atoms with Gasteiger partial charge in [-0.2, -0.15) is 0 Å². The fourth-order valence-electron chi connectivity index (χ4n) is 4.65. The van der Waals surface area contributed by atoms with E-state index in [1.807, 2.05) is 11.6 Å². The number of aromatic nitrogens is 3. The summed E-state index contributed by atoms with van der Waals surface area (Å²) in [5, 5.41) is 15.0. The zero-order chi connectivity index (χ0) is 18.0. The highest BCUT2D eigenvalue weighted by molar-refractivity contribution is 5.93. The van der Waals surface area contributed by atoms with Gasteiger partial charge >= 0.3 is 0 Å². The molecule has 1 aliphatic heterocycles. The second-order valence-electron chi connectivity index (χ2n) is 7.38. The second-order valence-corrected chi connectivity index (χ2v) is 7.38. The number of hydrogen-bond donors (Lipinski definition) is 2. The third-order valence-electron chi connectivity index (χ3n) is 6.49. The molecule has 26 heavy (non-hydrogen) atoms. The lowest BCUT2D eigenvalue weighted by molar-refractivity contribution is -0.120. The minimum atomic E-state index is -0.108. The van der Waals surface area contributed by atoms with Gasteiger partial charge in [-0.15, -0.1) is 17.5 Å². The maximum absolute atomic E-state index is 12.8. The summed E-state index contributed by atoms with van der Waals surface area (Å²) < 4.78 is 7.55. The molecule has 7 nitrogen and oxygen atoms in total. The number of carbonyl (C=O) groups excluding carboxylic acids is 1. The predicted molar refractivity (Wildman–Crippen MR) is 103 cm³/mol. The van der Waals surface area contributed by atoms with Crippen molar-refractivity contribution in [2.75, 3.05) is 20.2 Å². The third-order valence-corrected chi connectivity index (χ3v) is 6.49. The number of hydrogen-bond acceptors (Lipinski definition) is 5. The van der Waals surface area contributed by atoms with E-state index >= 15 is 0 Å². The zero-order valence-electron chi connectivity index (χ0n) is 16.2. The number of amides is 1. The smallest absolute Gasteiger partial charge is 0.273 e. The molecule has 1 aromatic heterocycles. The second kappa shape index (κ2) is 8.67. The lowest BCUT2D eigenvalue weighted by atomic mass is 9.58. The Balaban J connectivity index is 0.00000243. The monoisotopic (exact) mass is 385 g/mol. The van der Waals surface area contributed by atoms with Gasteiger partial charge in [-0.1, -0.05) is 19.1 Å². The molecule has 1 saturated heterocycles. The number of nitrogens with one attached hydrogen (secondary N) is 2. The molecule has 2 fully saturated rings. The van der Waals surface area contributed by atoms with Gasteiger partial charge in [0.05, 0.1) is 17.8 Å². The molecule has 1 aliphatic carbocycles. The van der Waals surface area contributed by atoms with Gasteiger partial charge < -0.3 is 15.4 Å². The highest BCUT2D eigenvalue weighted by atomic mass is 35.5. The fourth-order valence-corrected chi connectivity index (χ4v) is 4.65. The van der Waals surface area contributed by atoms with Crippen LogP contribution in [-0.2, 0) is 4.74 Å². The van der Waals surface area contributed by atoms with Crippen LogP contribution in [0, 0.1) is 12.3 Å². The van der Waals surface area contributed by atoms with E-state index in [0.717, 1.165) is 50.9 Å². The van der Waals surface area contributed by atoms with Gasteiger partial charge in [0.25, 0.3) is 5.91 Å². The van der Waals surface area contributed by atoms with Crippen molar-refractivity contribution in [1.82, 2.24) is 25.6 Å². The van der Waals surface area contributed by atoms with Crippen molar-refractivity contribution in [3.8, 4) is 0 Å². The number of rotatable bonds is 6. The van der Waals surface area contributed by atoms with Gasteiger partial charge in [0.15, 0.2) is 5.69 Å². The molecule has 2 atom stereocenters. The molecule has 0 radical (unpaired) electrons. The minimum absolute atomic E-state index is 0. The van der Waals surface area contributed by atoms with Gasteiger partial charge in [0.2, 0.25) is 0 Å². The summed E-state index contributed by atoms with van der Waals surface area (Å²) in [7, 11) is 1.76. The zero-order valence-corrected chi connectivity index (χ0v) is 17.1. The Labute approximate surface area is 162 Å². The van der Waals surface area contributed by atoms with E-state index in [1.165, 1.54) is 0 Å². The van der Waals surface area contributed by atoms with Gasteiger partial charge in [-0.3, -0.25) is 4.79 Å². The molecule has 3 rings (SSSR count). The Bertz CT molecular complexity index is 611. The summed E-state index contributed by atoms with van der Waals surface area (Å²) >= 11 is 0. The predicted octanol–water partition coefficient (Wildman–Crippen LogP) is 2.26. The first kappa shape index (κ1) is 21.1. The average Bonchev–Trinajstić information content (AvgIpc) is 3.01. The first-order valence-corrected chi connectivity index (χ1v) is 9.53. The lowest BCUT2D eigenvalue weighted by Gasteiger charge is -2.55. The molecule has 1 amide bonds. The van der Waals surface area contributed by atoms with E-state index in [0.29, 0.717) is 11.7 Å². The van der Waals surface area contributed by atoms with Crippen molar-refractivity contribution in [3.63, 3.8) is 0 Å². The van der Waals surface area contributed by atoms with Crippen molar-refractivity contribution >= 4 is 18.3 Å². The summed E-state index contributed by atoms with van der Waals surface area (Å²) in [5.41, 5.74) is 1.36. The topological polar surface area (TPSA) is 81.1 Å². The Kier molecular flexibility index (Phi) is 7.05. The minimum Gasteiger partial charge on any atom is -0.381 e. The third kappa shape index (κ3) is 3.49. The molecule has 2 heterocycles. The summed E-state index contributed by atoms with van der Waals surface area (Å²) in [5.74, 6) is -0.108. The summed E-state index contributed by atoms with van der Waals surface area (Å²) in [4.78, 5) is 12.8. The van der Waals surface area contributed by atoms with Crippen LogP contribution in [0.3, 0.4) is 0 Å². The molecule has 0 bridgehead atoms. The van der Waals surface area contributed by atoms with Crippen LogP contribution in [0.4, 0.5) is 0 Å². The van der Waals surface area contributed by atoms with Crippen molar-refractivity contribution in [3.05, 3.63) is 11.4 Å². The van der Waals surface area contributed by atoms with E-state index in [1.54, 1.807) is 7.11 Å². The number of ether oxygens (including phenoxy) is 1. The van der Waals surface area contributed by atoms with Gasteiger partial charge in [0, 0.05) is 18.6 Å². The average molecular weight is 386 g/mol. The quantitative estimate of drug-likeness (QED) is 0.785. The van der Waals surface area contributed by atoms with Crippen molar-refractivity contribution in [2.45, 2.75) is 71.1 Å². The van der Waals surface area contributed by atoms with Crippen LogP contribution >= 0.6 is 12.4 Å². The molecular weight excluding hydrogens is 354 g/mol. The Morgan fingerprint density at radius 3 is 2.58 bits per heavy atom. The normalized spacial score (nSPS) is 25.2. The Hall–Kier alpha value is -1.18. The lowest BCUT2D eigenvalue weighted by Crippen LogP contribution is -2.64. The number of nitrogens with zero attached hydrogens (tertiary/aromatic N) is 3. The maximum Gasteiger partial charge on any atom is 0.273 e. The van der Waals surface area contributed by atoms with Crippen molar-refractivity contribution < 1.29 is 9.53 Å². The summed E-state index contributed by atoms with van der Waals surface area (Å²) in [6.07, 6.45) is 5.13. The molecule has 0 aromatic carbocycles. The largest absolute Gasteiger partial charge is 0.381 e. The van der Waals surface area contributed by atoms with Crippen LogP contribution in [0.2, 0.25) is 0 Å². The molecule has 0 spiro atoms. The molecule has 2 unspecified atom stereocenters. The van der Waals surface area contributed by atoms with Crippen LogP contribution in [0.15, 0.2) is 0 Å². The molecule has 2 N–H and O–H groups in total. The van der Waals surface area contributed by atoms with Crippen LogP contribution in [0.25, 0.3) is 0 Å². The van der Waals surface area contributed by atoms with E-state index in [-0.39, 0.29) is 35.9 Å². The number of halogens is 1. The van der Waals surface area contributed by atoms with Crippen LogP contribution in [-0.4, -0.2) is 53.2 Å². The summed E-state index contributed by atoms with van der Waals surface area (Å²) in [6.45, 7) is 8.27. The highest BCUT2D eigenvalue weighted by Crippen LogP contribution is 2.48. The van der Waals surface area contributed by atoms with Crippen LogP contribution < -0.4 is 10.6 Å². The number of carbonyl (C=O) groups is 1. The molecule has 1 saturated carbocycles. The van der Waals surface area contributed by atoms with Gasteiger partial charge in [-0.25, -0.2) is 4.68 Å². The van der Waals surface area contributed by atoms with Gasteiger partial charge in [-0.05, 0) is 52.1 Å². The maximum atomic E-state index is 12.8. The van der Waals surface area contributed by atoms with E-state index < -0.39 is 0 Å². The van der Waals surface area contributed by atoms with Crippen LogP contribution in [0.1, 0.15) is 68.2 Å².